The minimum atomic E-state index is -0.238. The molecule has 0 aliphatic carbocycles. The first-order valence-electron chi connectivity index (χ1n) is 5.19. The molecule has 0 aromatic carbocycles. The smallest absolute Gasteiger partial charge is 0.175 e. The van der Waals surface area contributed by atoms with E-state index in [9.17, 15) is 4.79 Å². The van der Waals surface area contributed by atoms with Crippen LogP contribution >= 0.6 is 0 Å². The van der Waals surface area contributed by atoms with Crippen molar-refractivity contribution in [2.75, 3.05) is 0 Å². The van der Waals surface area contributed by atoms with E-state index in [4.69, 9.17) is 4.42 Å². The zero-order valence-electron chi connectivity index (χ0n) is 9.31. The predicted octanol–water partition coefficient (Wildman–Crippen LogP) is 2.97. The third kappa shape index (κ3) is 1.89. The number of pyridine rings is 1. The van der Waals surface area contributed by atoms with Crippen LogP contribution in [0.1, 0.15) is 34.7 Å². The van der Waals surface area contributed by atoms with Crippen LogP contribution in [0.4, 0.5) is 0 Å². The van der Waals surface area contributed by atoms with Gasteiger partial charge in [0, 0.05) is 6.20 Å². The number of furan rings is 1. The lowest BCUT2D eigenvalue weighted by atomic mass is 9.96. The molecule has 2 heterocycles. The molecule has 2 aromatic heterocycles. The molecule has 2 aromatic rings. The van der Waals surface area contributed by atoms with E-state index in [1.165, 1.54) is 6.26 Å². The van der Waals surface area contributed by atoms with E-state index in [2.05, 4.69) is 4.98 Å². The number of carbonyl (C=O) groups is 1. The van der Waals surface area contributed by atoms with Crippen molar-refractivity contribution in [1.82, 2.24) is 4.98 Å². The summed E-state index contributed by atoms with van der Waals surface area (Å²) < 4.78 is 5.13. The maximum Gasteiger partial charge on any atom is 0.175 e. The second-order valence-electron chi connectivity index (χ2n) is 3.73. The van der Waals surface area contributed by atoms with Gasteiger partial charge in [-0.2, -0.15) is 0 Å². The summed E-state index contributed by atoms with van der Waals surface area (Å²) in [6.07, 6.45) is 3.23. The molecule has 0 fully saturated rings. The lowest BCUT2D eigenvalue weighted by Crippen LogP contribution is -2.11. The maximum absolute atomic E-state index is 12.1. The van der Waals surface area contributed by atoms with E-state index in [1.54, 1.807) is 19.2 Å². The van der Waals surface area contributed by atoms with E-state index in [-0.39, 0.29) is 11.7 Å². The molecular formula is C13H13NO2. The van der Waals surface area contributed by atoms with Gasteiger partial charge in [0.2, 0.25) is 0 Å². The molecule has 0 aliphatic heterocycles. The molecular weight excluding hydrogens is 202 g/mol. The standard InChI is InChI=1S/C13H13NO2/c1-9(12-5-3-4-7-14-12)13(15)11-6-8-16-10(11)2/h3-9H,1-2H3. The molecule has 3 nitrogen and oxygen atoms in total. The zero-order valence-corrected chi connectivity index (χ0v) is 9.31. The summed E-state index contributed by atoms with van der Waals surface area (Å²) in [4.78, 5) is 16.3. The first-order chi connectivity index (χ1) is 7.70. The molecule has 1 atom stereocenters. The van der Waals surface area contributed by atoms with Crippen molar-refractivity contribution in [2.24, 2.45) is 0 Å². The van der Waals surface area contributed by atoms with Gasteiger partial charge >= 0.3 is 0 Å². The molecule has 2 rings (SSSR count). The Bertz CT molecular complexity index is 488. The number of carbonyl (C=O) groups excluding carboxylic acids is 1. The van der Waals surface area contributed by atoms with E-state index in [0.717, 1.165) is 5.69 Å². The number of Topliss-reactive ketones (excluding diaryl/α,β-unsaturated/α-hetero) is 1. The Balaban J connectivity index is 2.27. The molecule has 0 N–H and O–H groups in total. The second-order valence-corrected chi connectivity index (χ2v) is 3.73. The van der Waals surface area contributed by atoms with Crippen molar-refractivity contribution in [2.45, 2.75) is 19.8 Å². The normalized spacial score (nSPS) is 12.4. The number of hydrogen-bond donors (Lipinski definition) is 0. The average Bonchev–Trinajstić information content (AvgIpc) is 2.75. The van der Waals surface area contributed by atoms with E-state index in [0.29, 0.717) is 11.3 Å². The van der Waals surface area contributed by atoms with Crippen molar-refractivity contribution in [3.05, 3.63) is 53.7 Å². The Morgan fingerprint density at radius 3 is 2.75 bits per heavy atom. The second kappa shape index (κ2) is 4.31. The average molecular weight is 215 g/mol. The van der Waals surface area contributed by atoms with Gasteiger partial charge in [-0.15, -0.1) is 0 Å². The van der Waals surface area contributed by atoms with Gasteiger partial charge in [-0.05, 0) is 32.0 Å². The van der Waals surface area contributed by atoms with Gasteiger partial charge in [0.1, 0.15) is 5.76 Å². The van der Waals surface area contributed by atoms with Crippen LogP contribution in [0.5, 0.6) is 0 Å². The van der Waals surface area contributed by atoms with Crippen LogP contribution in [-0.2, 0) is 0 Å². The number of hydrogen-bond acceptors (Lipinski definition) is 3. The molecule has 0 aliphatic rings. The molecule has 3 heteroatoms. The van der Waals surface area contributed by atoms with Crippen molar-refractivity contribution in [1.29, 1.82) is 0 Å². The van der Waals surface area contributed by atoms with Crippen LogP contribution in [0.15, 0.2) is 41.1 Å². The van der Waals surface area contributed by atoms with E-state index >= 15 is 0 Å². The van der Waals surface area contributed by atoms with Gasteiger partial charge in [0.15, 0.2) is 5.78 Å². The quantitative estimate of drug-likeness (QED) is 0.739. The van der Waals surface area contributed by atoms with Gasteiger partial charge < -0.3 is 4.42 Å². The van der Waals surface area contributed by atoms with Crippen molar-refractivity contribution in [3.63, 3.8) is 0 Å². The SMILES string of the molecule is Cc1occc1C(=O)C(C)c1ccccn1. The fraction of sp³-hybridized carbons (Fsp3) is 0.231. The van der Waals surface area contributed by atoms with Crippen molar-refractivity contribution in [3.8, 4) is 0 Å². The van der Waals surface area contributed by atoms with Gasteiger partial charge in [-0.1, -0.05) is 6.07 Å². The lowest BCUT2D eigenvalue weighted by molar-refractivity contribution is 0.0963. The summed E-state index contributed by atoms with van der Waals surface area (Å²) in [5.74, 6) is 0.468. The van der Waals surface area contributed by atoms with Crippen LogP contribution in [-0.4, -0.2) is 10.8 Å². The van der Waals surface area contributed by atoms with Crippen LogP contribution in [0.2, 0.25) is 0 Å². The summed E-state index contributed by atoms with van der Waals surface area (Å²) in [6, 6.07) is 7.28. The molecule has 0 saturated heterocycles. The van der Waals surface area contributed by atoms with Gasteiger partial charge in [-0.3, -0.25) is 9.78 Å². The van der Waals surface area contributed by atoms with Gasteiger partial charge in [-0.25, -0.2) is 0 Å². The largest absolute Gasteiger partial charge is 0.469 e. The lowest BCUT2D eigenvalue weighted by Gasteiger charge is -2.08. The summed E-state index contributed by atoms with van der Waals surface area (Å²) >= 11 is 0. The van der Waals surface area contributed by atoms with Crippen LogP contribution in [0.25, 0.3) is 0 Å². The maximum atomic E-state index is 12.1. The van der Waals surface area contributed by atoms with Crippen LogP contribution in [0.3, 0.4) is 0 Å². The Morgan fingerprint density at radius 2 is 2.19 bits per heavy atom. The molecule has 0 saturated carbocycles. The summed E-state index contributed by atoms with van der Waals surface area (Å²) in [5.41, 5.74) is 1.42. The highest BCUT2D eigenvalue weighted by Crippen LogP contribution is 2.21. The number of ketones is 1. The Hall–Kier alpha value is -1.90. The topological polar surface area (TPSA) is 43.1 Å². The minimum Gasteiger partial charge on any atom is -0.469 e. The summed E-state index contributed by atoms with van der Waals surface area (Å²) in [7, 11) is 0. The fourth-order valence-corrected chi connectivity index (χ4v) is 1.64. The van der Waals surface area contributed by atoms with Crippen LogP contribution in [0, 0.1) is 6.92 Å². The number of nitrogens with zero attached hydrogens (tertiary/aromatic N) is 1. The predicted molar refractivity (Wildman–Crippen MR) is 60.4 cm³/mol. The Morgan fingerprint density at radius 1 is 1.38 bits per heavy atom. The molecule has 16 heavy (non-hydrogen) atoms. The minimum absolute atomic E-state index is 0.0463. The summed E-state index contributed by atoms with van der Waals surface area (Å²) in [5, 5.41) is 0. The number of aromatic nitrogens is 1. The molecule has 0 spiro atoms. The molecule has 0 amide bonds. The zero-order chi connectivity index (χ0) is 11.5. The Kier molecular flexibility index (Phi) is 2.86. The van der Waals surface area contributed by atoms with Crippen LogP contribution < -0.4 is 0 Å². The highest BCUT2D eigenvalue weighted by Gasteiger charge is 2.20. The van der Waals surface area contributed by atoms with Gasteiger partial charge in [0.25, 0.3) is 0 Å². The highest BCUT2D eigenvalue weighted by molar-refractivity contribution is 6.01. The van der Waals surface area contributed by atoms with E-state index in [1.807, 2.05) is 25.1 Å². The molecule has 82 valence electrons. The van der Waals surface area contributed by atoms with Crippen molar-refractivity contribution < 1.29 is 9.21 Å². The van der Waals surface area contributed by atoms with Crippen molar-refractivity contribution >= 4 is 5.78 Å². The Labute approximate surface area is 94.1 Å². The summed E-state index contributed by atoms with van der Waals surface area (Å²) in [6.45, 7) is 3.65. The van der Waals surface area contributed by atoms with Gasteiger partial charge in [0.05, 0.1) is 23.4 Å². The molecule has 1 unspecified atom stereocenters. The third-order valence-electron chi connectivity index (χ3n) is 2.65. The molecule has 0 bridgehead atoms. The molecule has 0 radical (unpaired) electrons. The first kappa shape index (κ1) is 10.6. The number of rotatable bonds is 3. The fourth-order valence-electron chi connectivity index (χ4n) is 1.64. The highest BCUT2D eigenvalue weighted by atomic mass is 16.3. The monoisotopic (exact) mass is 215 g/mol. The first-order valence-corrected chi connectivity index (χ1v) is 5.19. The number of aryl methyl sites for hydroxylation is 1. The third-order valence-corrected chi connectivity index (χ3v) is 2.65. The van der Waals surface area contributed by atoms with E-state index < -0.39 is 0 Å².